The van der Waals surface area contributed by atoms with Gasteiger partial charge in [-0.05, 0) is 12.1 Å². The molecule has 1 aliphatic heterocycles. The molecule has 6 heteroatoms. The lowest BCUT2D eigenvalue weighted by Gasteiger charge is -2.19. The Labute approximate surface area is 106 Å². The minimum Gasteiger partial charge on any atom is -0.378 e. The van der Waals surface area contributed by atoms with E-state index >= 15 is 0 Å². The number of pyridine rings is 1. The monoisotopic (exact) mass is 250 g/mol. The summed E-state index contributed by atoms with van der Waals surface area (Å²) in [6.45, 7) is 1.68. The normalized spacial score (nSPS) is 22.8. The SMILES string of the molecule is CNC(=O)c1cc(NC2CNC[C@@H]2OC)ccn1. The fourth-order valence-corrected chi connectivity index (χ4v) is 2.03. The molecule has 2 heterocycles. The molecule has 1 unspecified atom stereocenters. The molecule has 0 bridgehead atoms. The first-order chi connectivity index (χ1) is 8.74. The van der Waals surface area contributed by atoms with Gasteiger partial charge in [0.25, 0.3) is 5.91 Å². The second-order valence-electron chi connectivity index (χ2n) is 4.19. The van der Waals surface area contributed by atoms with Crippen LogP contribution < -0.4 is 16.0 Å². The van der Waals surface area contributed by atoms with Crippen LogP contribution in [-0.4, -0.2) is 50.3 Å². The molecule has 1 aromatic rings. The molecule has 2 rings (SSSR count). The van der Waals surface area contributed by atoms with Crippen LogP contribution in [0.5, 0.6) is 0 Å². The highest BCUT2D eigenvalue weighted by atomic mass is 16.5. The minimum atomic E-state index is -0.188. The number of ether oxygens (including phenoxy) is 1. The highest BCUT2D eigenvalue weighted by Crippen LogP contribution is 2.14. The topological polar surface area (TPSA) is 75.3 Å². The van der Waals surface area contributed by atoms with Gasteiger partial charge in [0, 0.05) is 39.1 Å². The number of hydrogen-bond acceptors (Lipinski definition) is 5. The maximum atomic E-state index is 11.5. The number of rotatable bonds is 4. The second kappa shape index (κ2) is 5.79. The first-order valence-corrected chi connectivity index (χ1v) is 5.92. The molecule has 0 aromatic carbocycles. The Morgan fingerprint density at radius 1 is 1.56 bits per heavy atom. The van der Waals surface area contributed by atoms with Crippen LogP contribution in [-0.2, 0) is 4.74 Å². The molecule has 0 aliphatic carbocycles. The van der Waals surface area contributed by atoms with Crippen molar-refractivity contribution in [1.82, 2.24) is 15.6 Å². The van der Waals surface area contributed by atoms with E-state index in [1.807, 2.05) is 6.07 Å². The molecule has 1 aromatic heterocycles. The Balaban J connectivity index is 2.07. The van der Waals surface area contributed by atoms with E-state index in [9.17, 15) is 4.79 Å². The van der Waals surface area contributed by atoms with E-state index in [4.69, 9.17) is 4.74 Å². The molecular weight excluding hydrogens is 232 g/mol. The van der Waals surface area contributed by atoms with Gasteiger partial charge < -0.3 is 20.7 Å². The van der Waals surface area contributed by atoms with Crippen molar-refractivity contribution in [2.75, 3.05) is 32.6 Å². The Bertz CT molecular complexity index is 424. The zero-order chi connectivity index (χ0) is 13.0. The smallest absolute Gasteiger partial charge is 0.269 e. The number of aromatic nitrogens is 1. The number of carbonyl (C=O) groups is 1. The van der Waals surface area contributed by atoms with Crippen molar-refractivity contribution in [3.05, 3.63) is 24.0 Å². The Hall–Kier alpha value is -1.66. The standard InChI is InChI=1S/C12H18N4O2/c1-13-12(17)9-5-8(3-4-15-9)16-10-6-14-7-11(10)18-2/h3-5,10-11,14H,6-7H2,1-2H3,(H,13,17)(H,15,16)/t10?,11-/m0/s1. The molecule has 1 aliphatic rings. The van der Waals surface area contributed by atoms with Crippen LogP contribution in [0.3, 0.4) is 0 Å². The lowest BCUT2D eigenvalue weighted by Crippen LogP contribution is -2.33. The van der Waals surface area contributed by atoms with Crippen molar-refractivity contribution < 1.29 is 9.53 Å². The van der Waals surface area contributed by atoms with E-state index in [-0.39, 0.29) is 18.1 Å². The van der Waals surface area contributed by atoms with Gasteiger partial charge in [0.2, 0.25) is 0 Å². The number of hydrogen-bond donors (Lipinski definition) is 3. The number of nitrogens with one attached hydrogen (secondary N) is 3. The van der Waals surface area contributed by atoms with Gasteiger partial charge in [0.15, 0.2) is 0 Å². The molecule has 0 spiro atoms. The number of anilines is 1. The van der Waals surface area contributed by atoms with Gasteiger partial charge in [0.05, 0.1) is 12.1 Å². The predicted molar refractivity (Wildman–Crippen MR) is 68.7 cm³/mol. The summed E-state index contributed by atoms with van der Waals surface area (Å²) in [6, 6.07) is 3.79. The van der Waals surface area contributed by atoms with Gasteiger partial charge in [-0.3, -0.25) is 9.78 Å². The second-order valence-corrected chi connectivity index (χ2v) is 4.19. The molecule has 2 atom stereocenters. The third-order valence-electron chi connectivity index (χ3n) is 3.03. The van der Waals surface area contributed by atoms with E-state index in [1.54, 1.807) is 26.4 Å². The first kappa shape index (κ1) is 12.8. The van der Waals surface area contributed by atoms with Crippen molar-refractivity contribution in [1.29, 1.82) is 0 Å². The third kappa shape index (κ3) is 2.77. The zero-order valence-electron chi connectivity index (χ0n) is 10.6. The Morgan fingerprint density at radius 2 is 2.39 bits per heavy atom. The summed E-state index contributed by atoms with van der Waals surface area (Å²) >= 11 is 0. The molecule has 6 nitrogen and oxygen atoms in total. The third-order valence-corrected chi connectivity index (χ3v) is 3.03. The molecule has 0 saturated carbocycles. The number of amides is 1. The zero-order valence-corrected chi connectivity index (χ0v) is 10.6. The van der Waals surface area contributed by atoms with Crippen LogP contribution in [0.15, 0.2) is 18.3 Å². The first-order valence-electron chi connectivity index (χ1n) is 5.92. The molecule has 1 amide bonds. The molecule has 1 fully saturated rings. The van der Waals surface area contributed by atoms with Gasteiger partial charge in [-0.2, -0.15) is 0 Å². The van der Waals surface area contributed by atoms with Crippen LogP contribution >= 0.6 is 0 Å². The van der Waals surface area contributed by atoms with E-state index in [2.05, 4.69) is 20.9 Å². The van der Waals surface area contributed by atoms with Crippen molar-refractivity contribution in [3.63, 3.8) is 0 Å². The van der Waals surface area contributed by atoms with E-state index in [0.717, 1.165) is 18.8 Å². The van der Waals surface area contributed by atoms with Crippen LogP contribution in [0, 0.1) is 0 Å². The molecule has 0 radical (unpaired) electrons. The highest BCUT2D eigenvalue weighted by Gasteiger charge is 2.26. The maximum absolute atomic E-state index is 11.5. The summed E-state index contributed by atoms with van der Waals surface area (Å²) in [6.07, 6.45) is 1.76. The predicted octanol–water partition coefficient (Wildman–Crippen LogP) is -0.160. The number of nitrogens with zero attached hydrogens (tertiary/aromatic N) is 1. The van der Waals surface area contributed by atoms with Crippen LogP contribution in [0.25, 0.3) is 0 Å². The highest BCUT2D eigenvalue weighted by molar-refractivity contribution is 5.92. The van der Waals surface area contributed by atoms with Crippen molar-refractivity contribution in [3.8, 4) is 0 Å². The summed E-state index contributed by atoms with van der Waals surface area (Å²) in [5, 5.41) is 9.17. The van der Waals surface area contributed by atoms with Crippen LogP contribution in [0.2, 0.25) is 0 Å². The van der Waals surface area contributed by atoms with E-state index in [1.165, 1.54) is 0 Å². The Kier molecular flexibility index (Phi) is 4.11. The van der Waals surface area contributed by atoms with Crippen molar-refractivity contribution in [2.24, 2.45) is 0 Å². The molecular formula is C12H18N4O2. The average Bonchev–Trinajstić information content (AvgIpc) is 2.85. The maximum Gasteiger partial charge on any atom is 0.269 e. The largest absolute Gasteiger partial charge is 0.378 e. The molecule has 18 heavy (non-hydrogen) atoms. The average molecular weight is 250 g/mol. The molecule has 98 valence electrons. The van der Waals surface area contributed by atoms with Gasteiger partial charge in [0.1, 0.15) is 5.69 Å². The number of methoxy groups -OCH3 is 1. The quantitative estimate of drug-likeness (QED) is 0.692. The van der Waals surface area contributed by atoms with E-state index < -0.39 is 0 Å². The van der Waals surface area contributed by atoms with Crippen molar-refractivity contribution in [2.45, 2.75) is 12.1 Å². The van der Waals surface area contributed by atoms with E-state index in [0.29, 0.717) is 5.69 Å². The summed E-state index contributed by atoms with van der Waals surface area (Å²) in [4.78, 5) is 15.5. The van der Waals surface area contributed by atoms with Gasteiger partial charge in [-0.1, -0.05) is 0 Å². The minimum absolute atomic E-state index is 0.140. The Morgan fingerprint density at radius 3 is 3.11 bits per heavy atom. The fourth-order valence-electron chi connectivity index (χ4n) is 2.03. The van der Waals surface area contributed by atoms with Crippen LogP contribution in [0.4, 0.5) is 5.69 Å². The lowest BCUT2D eigenvalue weighted by molar-refractivity contribution is 0.0958. The van der Waals surface area contributed by atoms with Crippen LogP contribution in [0.1, 0.15) is 10.5 Å². The fraction of sp³-hybridized carbons (Fsp3) is 0.500. The van der Waals surface area contributed by atoms with Gasteiger partial charge >= 0.3 is 0 Å². The summed E-state index contributed by atoms with van der Waals surface area (Å²) < 4.78 is 5.37. The lowest BCUT2D eigenvalue weighted by atomic mass is 10.2. The van der Waals surface area contributed by atoms with Crippen molar-refractivity contribution >= 4 is 11.6 Å². The number of carbonyl (C=O) groups excluding carboxylic acids is 1. The van der Waals surface area contributed by atoms with Gasteiger partial charge in [-0.25, -0.2) is 0 Å². The molecule has 3 N–H and O–H groups in total. The summed E-state index contributed by atoms with van der Waals surface area (Å²) in [5.41, 5.74) is 1.28. The van der Waals surface area contributed by atoms with Gasteiger partial charge in [-0.15, -0.1) is 0 Å². The summed E-state index contributed by atoms with van der Waals surface area (Å²) in [5.74, 6) is -0.188. The molecule has 1 saturated heterocycles. The summed E-state index contributed by atoms with van der Waals surface area (Å²) in [7, 11) is 3.29.